The van der Waals surface area contributed by atoms with Gasteiger partial charge in [0.25, 0.3) is 0 Å². The Morgan fingerprint density at radius 1 is 1.00 bits per heavy atom. The summed E-state index contributed by atoms with van der Waals surface area (Å²) in [5.41, 5.74) is 12.1. The highest BCUT2D eigenvalue weighted by Crippen LogP contribution is 2.27. The van der Waals surface area contributed by atoms with E-state index in [1.807, 2.05) is 42.7 Å². The van der Waals surface area contributed by atoms with Crippen LogP contribution >= 0.6 is 0 Å². The number of pyridine rings is 1. The second-order valence-electron chi connectivity index (χ2n) is 7.66. The highest BCUT2D eigenvalue weighted by Gasteiger charge is 2.17. The number of hydrogen-bond acceptors (Lipinski definition) is 5. The average molecular weight is 384 g/mol. The highest BCUT2D eigenvalue weighted by molar-refractivity contribution is 5.78. The first kappa shape index (κ1) is 17.8. The third-order valence-corrected chi connectivity index (χ3v) is 5.65. The summed E-state index contributed by atoms with van der Waals surface area (Å²) < 4.78 is 1.71. The van der Waals surface area contributed by atoms with Crippen molar-refractivity contribution in [1.29, 1.82) is 0 Å². The van der Waals surface area contributed by atoms with Crippen LogP contribution in [0.2, 0.25) is 0 Å². The molecular weight excluding hydrogens is 360 g/mol. The highest BCUT2D eigenvalue weighted by atomic mass is 15.3. The van der Waals surface area contributed by atoms with E-state index in [0.29, 0.717) is 11.7 Å². The van der Waals surface area contributed by atoms with E-state index >= 15 is 0 Å². The third-order valence-electron chi connectivity index (χ3n) is 5.65. The number of nitrogens with one attached hydrogen (secondary N) is 1. The van der Waals surface area contributed by atoms with Crippen LogP contribution < -0.4 is 11.1 Å². The molecule has 0 amide bonds. The normalized spacial score (nSPS) is 15.0. The Hall–Kier alpha value is -3.25. The molecule has 4 aromatic rings. The lowest BCUT2D eigenvalue weighted by Crippen LogP contribution is -2.28. The number of hydrogen-bond donors (Lipinski definition) is 2. The molecule has 3 aromatic heterocycles. The number of piperidine rings is 1. The van der Waals surface area contributed by atoms with Crippen molar-refractivity contribution in [2.75, 3.05) is 18.8 Å². The molecule has 0 atom stereocenters. The monoisotopic (exact) mass is 384 g/mol. The quantitative estimate of drug-likeness (QED) is 0.562. The summed E-state index contributed by atoms with van der Waals surface area (Å²) in [5, 5.41) is 7.87. The van der Waals surface area contributed by atoms with E-state index in [2.05, 4.69) is 33.6 Å². The Labute approximate surface area is 169 Å². The van der Waals surface area contributed by atoms with E-state index in [1.165, 1.54) is 12.8 Å². The summed E-state index contributed by atoms with van der Waals surface area (Å²) in [6.07, 6.45) is 7.04. The smallest absolute Gasteiger partial charge is 0.165 e. The molecule has 0 bridgehead atoms. The first-order chi connectivity index (χ1) is 14.3. The van der Waals surface area contributed by atoms with Crippen LogP contribution in [-0.4, -0.2) is 32.7 Å². The van der Waals surface area contributed by atoms with Crippen molar-refractivity contribution in [2.45, 2.75) is 19.3 Å². The van der Waals surface area contributed by atoms with Crippen LogP contribution in [0.4, 0.5) is 5.82 Å². The Kier molecular flexibility index (Phi) is 4.69. The molecule has 146 valence electrons. The predicted octanol–water partition coefficient (Wildman–Crippen LogP) is 3.58. The van der Waals surface area contributed by atoms with Crippen LogP contribution in [0.25, 0.3) is 28.0 Å². The first-order valence-corrected chi connectivity index (χ1v) is 10.1. The number of nitrogens with two attached hydrogens (primary N) is 1. The molecular formula is C23H24N6. The topological polar surface area (TPSA) is 81.1 Å². The fourth-order valence-corrected chi connectivity index (χ4v) is 4.06. The molecule has 1 aromatic carbocycles. The van der Waals surface area contributed by atoms with Crippen molar-refractivity contribution in [2.24, 2.45) is 5.92 Å². The first-order valence-electron chi connectivity index (χ1n) is 10.1. The van der Waals surface area contributed by atoms with Crippen LogP contribution in [0.1, 0.15) is 18.5 Å². The zero-order chi connectivity index (χ0) is 19.6. The maximum atomic E-state index is 6.29. The Bertz CT molecular complexity index is 1110. The molecule has 6 heteroatoms. The molecule has 1 saturated heterocycles. The maximum absolute atomic E-state index is 6.29. The van der Waals surface area contributed by atoms with E-state index in [4.69, 9.17) is 10.7 Å². The van der Waals surface area contributed by atoms with Crippen LogP contribution in [0, 0.1) is 5.92 Å². The van der Waals surface area contributed by atoms with Gasteiger partial charge in [-0.15, -0.1) is 0 Å². The van der Waals surface area contributed by atoms with Gasteiger partial charge in [0.15, 0.2) is 5.65 Å². The van der Waals surface area contributed by atoms with Crippen molar-refractivity contribution in [3.63, 3.8) is 0 Å². The number of rotatable bonds is 4. The van der Waals surface area contributed by atoms with Gasteiger partial charge in [-0.05, 0) is 44.3 Å². The molecule has 1 aliphatic rings. The Morgan fingerprint density at radius 3 is 2.59 bits per heavy atom. The van der Waals surface area contributed by atoms with E-state index in [0.717, 1.165) is 53.2 Å². The van der Waals surface area contributed by atoms with Crippen molar-refractivity contribution >= 4 is 11.5 Å². The number of aromatic nitrogens is 4. The molecule has 29 heavy (non-hydrogen) atoms. The summed E-state index contributed by atoms with van der Waals surface area (Å²) >= 11 is 0. The van der Waals surface area contributed by atoms with Gasteiger partial charge < -0.3 is 11.1 Å². The van der Waals surface area contributed by atoms with Gasteiger partial charge in [-0.25, -0.2) is 4.98 Å². The summed E-state index contributed by atoms with van der Waals surface area (Å²) in [7, 11) is 0. The van der Waals surface area contributed by atoms with Crippen LogP contribution in [0.5, 0.6) is 0 Å². The molecule has 1 fully saturated rings. The maximum Gasteiger partial charge on any atom is 0.165 e. The van der Waals surface area contributed by atoms with Gasteiger partial charge in [0.1, 0.15) is 5.82 Å². The fraction of sp³-hybridized carbons (Fsp3) is 0.261. The van der Waals surface area contributed by atoms with Crippen LogP contribution in [0.15, 0.2) is 60.9 Å². The average Bonchev–Trinajstić information content (AvgIpc) is 3.20. The fourth-order valence-electron chi connectivity index (χ4n) is 4.06. The van der Waals surface area contributed by atoms with E-state index in [1.54, 1.807) is 4.52 Å². The minimum absolute atomic E-state index is 0.624. The lowest BCUT2D eigenvalue weighted by molar-refractivity contribution is 0.370. The molecule has 4 heterocycles. The van der Waals surface area contributed by atoms with Gasteiger partial charge in [-0.2, -0.15) is 9.61 Å². The zero-order valence-corrected chi connectivity index (χ0v) is 16.3. The number of benzene rings is 1. The van der Waals surface area contributed by atoms with Crippen LogP contribution in [-0.2, 0) is 6.42 Å². The molecule has 0 spiro atoms. The molecule has 0 aliphatic carbocycles. The van der Waals surface area contributed by atoms with Gasteiger partial charge in [-0.3, -0.25) is 4.98 Å². The van der Waals surface area contributed by atoms with E-state index in [9.17, 15) is 0 Å². The largest absolute Gasteiger partial charge is 0.384 e. The molecule has 5 rings (SSSR count). The lowest BCUT2D eigenvalue weighted by Gasteiger charge is -2.22. The molecule has 1 aliphatic heterocycles. The molecule has 0 unspecified atom stereocenters. The number of fused-ring (bicyclic) bond motifs is 1. The Balaban J connectivity index is 1.48. The zero-order valence-electron chi connectivity index (χ0n) is 16.3. The summed E-state index contributed by atoms with van der Waals surface area (Å²) in [6, 6.07) is 16.2. The number of nitrogens with zero attached hydrogens (tertiary/aromatic N) is 4. The summed E-state index contributed by atoms with van der Waals surface area (Å²) in [6.45, 7) is 2.17. The van der Waals surface area contributed by atoms with Gasteiger partial charge in [0.05, 0.1) is 11.9 Å². The predicted molar refractivity (Wildman–Crippen MR) is 115 cm³/mol. The SMILES string of the molecule is Nc1cc(CC2CCNCC2)nc2c(-c3ccc(-c4ccccc4)nc3)cnn12. The molecule has 0 radical (unpaired) electrons. The van der Waals surface area contributed by atoms with Gasteiger partial charge >= 0.3 is 0 Å². The van der Waals surface area contributed by atoms with Crippen molar-refractivity contribution < 1.29 is 0 Å². The lowest BCUT2D eigenvalue weighted by atomic mass is 9.93. The van der Waals surface area contributed by atoms with Gasteiger partial charge in [0, 0.05) is 34.6 Å². The number of anilines is 1. The Morgan fingerprint density at radius 2 is 1.83 bits per heavy atom. The second-order valence-corrected chi connectivity index (χ2v) is 7.66. The third kappa shape index (κ3) is 3.59. The van der Waals surface area contributed by atoms with Gasteiger partial charge in [-0.1, -0.05) is 36.4 Å². The van der Waals surface area contributed by atoms with E-state index in [-0.39, 0.29) is 0 Å². The summed E-state index contributed by atoms with van der Waals surface area (Å²) in [4.78, 5) is 9.57. The molecule has 6 nitrogen and oxygen atoms in total. The van der Waals surface area contributed by atoms with Crippen molar-refractivity contribution in [1.82, 2.24) is 24.9 Å². The minimum atomic E-state index is 0.624. The van der Waals surface area contributed by atoms with Crippen molar-refractivity contribution in [3.8, 4) is 22.4 Å². The van der Waals surface area contributed by atoms with Crippen molar-refractivity contribution in [3.05, 3.63) is 66.6 Å². The van der Waals surface area contributed by atoms with Crippen LogP contribution in [0.3, 0.4) is 0 Å². The summed E-state index contributed by atoms with van der Waals surface area (Å²) in [5.74, 6) is 1.28. The van der Waals surface area contributed by atoms with Gasteiger partial charge in [0.2, 0.25) is 0 Å². The minimum Gasteiger partial charge on any atom is -0.384 e. The van der Waals surface area contributed by atoms with E-state index < -0.39 is 0 Å². The number of nitrogen functional groups attached to an aromatic ring is 1. The molecule has 0 saturated carbocycles. The molecule has 3 N–H and O–H groups in total. The standard InChI is InChI=1S/C23H24N6/c24-22-13-19(12-16-8-10-25-11-9-16)28-23-20(15-27-29(22)23)18-6-7-21(26-14-18)17-4-2-1-3-5-17/h1-7,13-16,25H,8-12,24H2. The second kappa shape index (κ2) is 7.64.